The molecule has 8 heteroatoms. The number of ketones is 1. The highest BCUT2D eigenvalue weighted by atomic mass is 35.5. The van der Waals surface area contributed by atoms with Crippen LogP contribution in [-0.2, 0) is 11.2 Å². The van der Waals surface area contributed by atoms with E-state index in [-0.39, 0.29) is 23.1 Å². The summed E-state index contributed by atoms with van der Waals surface area (Å²) in [6, 6.07) is 6.76. The van der Waals surface area contributed by atoms with Crippen LogP contribution < -0.4 is 9.47 Å². The van der Waals surface area contributed by atoms with Crippen molar-refractivity contribution in [1.29, 1.82) is 0 Å². The molecule has 148 valence electrons. The minimum atomic E-state index is -0.435. The molecule has 0 bridgehead atoms. The van der Waals surface area contributed by atoms with Crippen molar-refractivity contribution in [3.8, 4) is 11.5 Å². The molecule has 0 fully saturated rings. The zero-order valence-electron chi connectivity index (χ0n) is 15.7. The molecule has 0 aliphatic carbocycles. The zero-order chi connectivity index (χ0) is 20.5. The Bertz CT molecular complexity index is 1140. The van der Waals surface area contributed by atoms with Gasteiger partial charge >= 0.3 is 5.97 Å². The summed E-state index contributed by atoms with van der Waals surface area (Å²) in [5.41, 5.74) is 2.13. The van der Waals surface area contributed by atoms with Crippen LogP contribution in [0.3, 0.4) is 0 Å². The molecule has 0 N–H and O–H groups in total. The SMILES string of the molecule is Cc1ccsc1/C=C1\Oc2c(ccc(OC(=O)CCc3cc(Cl)no3)c2C)C1=O. The average Bonchev–Trinajstić information content (AvgIpc) is 3.37. The number of esters is 1. The van der Waals surface area contributed by atoms with Gasteiger partial charge in [-0.05, 0) is 43.0 Å². The van der Waals surface area contributed by atoms with E-state index >= 15 is 0 Å². The van der Waals surface area contributed by atoms with Gasteiger partial charge in [-0.3, -0.25) is 9.59 Å². The van der Waals surface area contributed by atoms with Gasteiger partial charge in [0, 0.05) is 29.0 Å². The van der Waals surface area contributed by atoms with Gasteiger partial charge in [0.25, 0.3) is 0 Å². The molecule has 0 amide bonds. The van der Waals surface area contributed by atoms with Crippen molar-refractivity contribution in [3.63, 3.8) is 0 Å². The zero-order valence-corrected chi connectivity index (χ0v) is 17.2. The summed E-state index contributed by atoms with van der Waals surface area (Å²) in [5, 5.41) is 5.77. The van der Waals surface area contributed by atoms with E-state index in [4.69, 9.17) is 25.6 Å². The van der Waals surface area contributed by atoms with E-state index in [1.165, 1.54) is 11.3 Å². The van der Waals surface area contributed by atoms with Gasteiger partial charge in [0.2, 0.25) is 5.78 Å². The first-order valence-corrected chi connectivity index (χ1v) is 10.1. The maximum absolute atomic E-state index is 12.7. The van der Waals surface area contributed by atoms with Crippen LogP contribution in [0.4, 0.5) is 0 Å². The van der Waals surface area contributed by atoms with Crippen molar-refractivity contribution in [2.75, 3.05) is 0 Å². The van der Waals surface area contributed by atoms with E-state index in [1.807, 2.05) is 18.4 Å². The van der Waals surface area contributed by atoms with Crippen LogP contribution in [-0.4, -0.2) is 16.9 Å². The Hall–Kier alpha value is -2.90. The second kappa shape index (κ2) is 7.85. The van der Waals surface area contributed by atoms with Gasteiger partial charge in [0.1, 0.15) is 17.3 Å². The summed E-state index contributed by atoms with van der Waals surface area (Å²) in [7, 11) is 0. The molecule has 3 heterocycles. The minimum Gasteiger partial charge on any atom is -0.452 e. The van der Waals surface area contributed by atoms with Gasteiger partial charge in [-0.15, -0.1) is 11.3 Å². The van der Waals surface area contributed by atoms with Crippen LogP contribution in [0.2, 0.25) is 5.15 Å². The van der Waals surface area contributed by atoms with Gasteiger partial charge < -0.3 is 14.0 Å². The fraction of sp³-hybridized carbons (Fsp3) is 0.190. The molecule has 0 saturated carbocycles. The number of allylic oxidation sites excluding steroid dienone is 1. The molecule has 0 spiro atoms. The van der Waals surface area contributed by atoms with Gasteiger partial charge in [-0.1, -0.05) is 16.8 Å². The Morgan fingerprint density at radius 2 is 2.14 bits per heavy atom. The Labute approximate surface area is 175 Å². The van der Waals surface area contributed by atoms with E-state index in [9.17, 15) is 9.59 Å². The maximum Gasteiger partial charge on any atom is 0.311 e. The van der Waals surface area contributed by atoms with E-state index in [0.717, 1.165) is 10.4 Å². The molecule has 2 aromatic heterocycles. The predicted octanol–water partition coefficient (Wildman–Crippen LogP) is 5.16. The normalized spacial score (nSPS) is 14.2. The third-order valence-electron chi connectivity index (χ3n) is 4.53. The number of benzene rings is 1. The number of nitrogens with zero attached hydrogens (tertiary/aromatic N) is 1. The number of ether oxygens (including phenoxy) is 2. The summed E-state index contributed by atoms with van der Waals surface area (Å²) < 4.78 is 16.2. The number of Topliss-reactive ketones (excluding diaryl/α,β-unsaturated/α-hetero) is 1. The largest absolute Gasteiger partial charge is 0.452 e. The summed E-state index contributed by atoms with van der Waals surface area (Å²) in [4.78, 5) is 25.8. The molecule has 3 aromatic rings. The van der Waals surface area contributed by atoms with Crippen molar-refractivity contribution in [2.45, 2.75) is 26.7 Å². The lowest BCUT2D eigenvalue weighted by molar-refractivity contribution is -0.134. The lowest BCUT2D eigenvalue weighted by Gasteiger charge is -2.09. The van der Waals surface area contributed by atoms with Crippen LogP contribution in [0.25, 0.3) is 6.08 Å². The van der Waals surface area contributed by atoms with Crippen molar-refractivity contribution < 1.29 is 23.6 Å². The smallest absolute Gasteiger partial charge is 0.311 e. The number of hydrogen-bond donors (Lipinski definition) is 0. The second-order valence-electron chi connectivity index (χ2n) is 6.56. The molecule has 0 saturated heterocycles. The van der Waals surface area contributed by atoms with E-state index < -0.39 is 5.97 Å². The number of aryl methyl sites for hydroxylation is 2. The van der Waals surface area contributed by atoms with Crippen molar-refractivity contribution in [1.82, 2.24) is 5.16 Å². The van der Waals surface area contributed by atoms with Crippen LogP contribution in [0.1, 0.15) is 38.5 Å². The molecule has 6 nitrogen and oxygen atoms in total. The number of carbonyl (C=O) groups is 2. The van der Waals surface area contributed by atoms with E-state index in [0.29, 0.717) is 34.8 Å². The first-order valence-electron chi connectivity index (χ1n) is 8.86. The number of carbonyl (C=O) groups excluding carboxylic acids is 2. The Balaban J connectivity index is 1.49. The number of aromatic nitrogens is 1. The van der Waals surface area contributed by atoms with Crippen LogP contribution >= 0.6 is 22.9 Å². The number of fused-ring (bicyclic) bond motifs is 1. The number of hydrogen-bond acceptors (Lipinski definition) is 7. The molecule has 1 aliphatic rings. The van der Waals surface area contributed by atoms with Gasteiger partial charge in [-0.25, -0.2) is 0 Å². The number of halogens is 1. The minimum absolute atomic E-state index is 0.102. The van der Waals surface area contributed by atoms with Gasteiger partial charge in [0.05, 0.1) is 12.0 Å². The van der Waals surface area contributed by atoms with Crippen molar-refractivity contribution in [3.05, 3.63) is 67.9 Å². The lowest BCUT2D eigenvalue weighted by atomic mass is 10.1. The molecular formula is C21H16ClNO5S. The topological polar surface area (TPSA) is 78.6 Å². The average molecular weight is 430 g/mol. The van der Waals surface area contributed by atoms with E-state index in [2.05, 4.69) is 5.16 Å². The third-order valence-corrected chi connectivity index (χ3v) is 5.67. The van der Waals surface area contributed by atoms with Crippen molar-refractivity contribution >= 4 is 40.8 Å². The Morgan fingerprint density at radius 1 is 1.31 bits per heavy atom. The van der Waals surface area contributed by atoms with E-state index in [1.54, 1.807) is 31.2 Å². The maximum atomic E-state index is 12.7. The monoisotopic (exact) mass is 429 g/mol. The highest BCUT2D eigenvalue weighted by molar-refractivity contribution is 7.11. The molecule has 0 unspecified atom stereocenters. The Kier molecular flexibility index (Phi) is 5.25. The molecule has 0 atom stereocenters. The fourth-order valence-electron chi connectivity index (χ4n) is 2.93. The highest BCUT2D eigenvalue weighted by Gasteiger charge is 2.30. The summed E-state index contributed by atoms with van der Waals surface area (Å²) in [6.07, 6.45) is 2.17. The van der Waals surface area contributed by atoms with Gasteiger partial charge in [0.15, 0.2) is 10.9 Å². The molecular weight excluding hydrogens is 414 g/mol. The first-order chi connectivity index (χ1) is 13.9. The summed E-state index contributed by atoms with van der Waals surface area (Å²) in [5.74, 6) is 0.920. The first kappa shape index (κ1) is 19.4. The van der Waals surface area contributed by atoms with Gasteiger partial charge in [-0.2, -0.15) is 0 Å². The Morgan fingerprint density at radius 3 is 2.83 bits per heavy atom. The predicted molar refractivity (Wildman–Crippen MR) is 109 cm³/mol. The second-order valence-corrected chi connectivity index (χ2v) is 7.90. The summed E-state index contributed by atoms with van der Waals surface area (Å²) >= 11 is 7.23. The standard InChI is InChI=1S/C21H16ClNO5S/c1-11-7-8-29-17(11)10-16-20(25)14-4-5-15(12(2)21(14)27-16)26-19(24)6-3-13-9-18(22)23-28-13/h4-5,7-10H,3,6H2,1-2H3/b16-10-. The van der Waals surface area contributed by atoms with Crippen LogP contribution in [0.15, 0.2) is 39.9 Å². The van der Waals surface area contributed by atoms with Crippen LogP contribution in [0.5, 0.6) is 11.5 Å². The summed E-state index contributed by atoms with van der Waals surface area (Å²) in [6.45, 7) is 3.73. The lowest BCUT2D eigenvalue weighted by Crippen LogP contribution is -2.10. The fourth-order valence-corrected chi connectivity index (χ4v) is 3.94. The quantitative estimate of drug-likeness (QED) is 0.316. The molecule has 4 rings (SSSR count). The number of thiophene rings is 1. The van der Waals surface area contributed by atoms with Crippen LogP contribution in [0, 0.1) is 13.8 Å². The highest BCUT2D eigenvalue weighted by Crippen LogP contribution is 2.39. The van der Waals surface area contributed by atoms with Crippen molar-refractivity contribution in [2.24, 2.45) is 0 Å². The number of rotatable bonds is 5. The third kappa shape index (κ3) is 3.97. The molecule has 29 heavy (non-hydrogen) atoms. The molecule has 1 aliphatic heterocycles. The molecule has 0 radical (unpaired) electrons. The molecule has 1 aromatic carbocycles.